The van der Waals surface area contributed by atoms with Crippen molar-refractivity contribution in [2.24, 2.45) is 5.92 Å². The molecule has 4 atom stereocenters. The summed E-state index contributed by atoms with van der Waals surface area (Å²) in [5, 5.41) is 11.5. The van der Waals surface area contributed by atoms with Gasteiger partial charge in [-0.15, -0.1) is 0 Å². The number of benzene rings is 3. The number of anilines is 1. The van der Waals surface area contributed by atoms with Crippen molar-refractivity contribution in [3.8, 4) is 17.2 Å². The average Bonchev–Trinajstić information content (AvgIpc) is 3.11. The van der Waals surface area contributed by atoms with Crippen LogP contribution in [-0.2, 0) is 36.8 Å². The highest BCUT2D eigenvalue weighted by molar-refractivity contribution is 5.72. The highest BCUT2D eigenvalue weighted by Gasteiger charge is 2.40. The van der Waals surface area contributed by atoms with Crippen molar-refractivity contribution >= 4 is 17.7 Å². The minimum atomic E-state index is -1.08. The van der Waals surface area contributed by atoms with E-state index in [4.69, 9.17) is 28.4 Å². The molecule has 1 unspecified atom stereocenters. The van der Waals surface area contributed by atoms with E-state index in [1.54, 1.807) is 21.0 Å². The molecule has 0 bridgehead atoms. The number of aryl methyl sites for hydroxylation is 1. The molecule has 2 heterocycles. The molecule has 2 aliphatic rings. The lowest BCUT2D eigenvalue weighted by atomic mass is 9.84. The number of rotatable bonds is 14. The fourth-order valence-electron chi connectivity index (χ4n) is 6.21. The quantitative estimate of drug-likeness (QED) is 0.117. The van der Waals surface area contributed by atoms with Crippen LogP contribution in [0.15, 0.2) is 66.7 Å². The molecule has 3 aromatic rings. The van der Waals surface area contributed by atoms with Gasteiger partial charge in [0.05, 0.1) is 50.1 Å². The minimum Gasteiger partial charge on any atom is -0.490 e. The Kier molecular flexibility index (Phi) is 13.0. The second-order valence-electron chi connectivity index (χ2n) is 13.0. The van der Waals surface area contributed by atoms with Crippen molar-refractivity contribution in [3.05, 3.63) is 83.4 Å². The summed E-state index contributed by atoms with van der Waals surface area (Å²) >= 11 is 0. The molecule has 1 fully saturated rings. The highest BCUT2D eigenvalue weighted by Crippen LogP contribution is 2.36. The van der Waals surface area contributed by atoms with Gasteiger partial charge in [-0.25, -0.2) is 4.79 Å². The van der Waals surface area contributed by atoms with E-state index in [0.29, 0.717) is 19.0 Å². The van der Waals surface area contributed by atoms with E-state index in [1.807, 2.05) is 60.7 Å². The number of nitrogens with zero attached hydrogens (tertiary/aromatic N) is 2. The van der Waals surface area contributed by atoms with Gasteiger partial charge >= 0.3 is 12.1 Å². The van der Waals surface area contributed by atoms with Crippen LogP contribution in [0.25, 0.3) is 0 Å². The maximum Gasteiger partial charge on any atom is 0.413 e. The summed E-state index contributed by atoms with van der Waals surface area (Å²) < 4.78 is 34.5. The first-order valence-electron chi connectivity index (χ1n) is 17.5. The third kappa shape index (κ3) is 9.68. The monoisotopic (exact) mass is 690 g/mol. The number of piperidine rings is 1. The number of aliphatic hydroxyl groups excluding tert-OH is 1. The number of esters is 1. The first kappa shape index (κ1) is 36.9. The van der Waals surface area contributed by atoms with Crippen LogP contribution in [0.4, 0.5) is 10.5 Å². The summed E-state index contributed by atoms with van der Waals surface area (Å²) in [6.07, 6.45) is -1.48. The van der Waals surface area contributed by atoms with Gasteiger partial charge in [0.15, 0.2) is 0 Å². The van der Waals surface area contributed by atoms with Crippen molar-refractivity contribution in [3.63, 3.8) is 0 Å². The number of β-amino-alcohol motifs (C(OH)–C–C–N with tert-alkyl or cyclic N) is 1. The minimum absolute atomic E-state index is 0.0167. The van der Waals surface area contributed by atoms with Gasteiger partial charge < -0.3 is 43.3 Å². The number of amides is 1. The molecular formula is C39H50N2O9. The predicted molar refractivity (Wildman–Crippen MR) is 189 cm³/mol. The molecule has 11 nitrogen and oxygen atoms in total. The highest BCUT2D eigenvalue weighted by atomic mass is 16.7. The van der Waals surface area contributed by atoms with Crippen LogP contribution in [0.3, 0.4) is 0 Å². The van der Waals surface area contributed by atoms with Crippen molar-refractivity contribution < 1.29 is 43.1 Å². The van der Waals surface area contributed by atoms with Gasteiger partial charge in [0, 0.05) is 33.1 Å². The van der Waals surface area contributed by atoms with Crippen molar-refractivity contribution in [1.82, 2.24) is 4.90 Å². The molecule has 5 rings (SSSR count). The van der Waals surface area contributed by atoms with Crippen LogP contribution in [0, 0.1) is 5.92 Å². The molecule has 0 saturated carbocycles. The van der Waals surface area contributed by atoms with Gasteiger partial charge in [-0.2, -0.15) is 0 Å². The number of carbonyl (C=O) groups excluding carboxylic acids is 2. The molecule has 3 aromatic carbocycles. The summed E-state index contributed by atoms with van der Waals surface area (Å²) in [5.74, 6) is 0.958. The number of ether oxygens (including phenoxy) is 6. The van der Waals surface area contributed by atoms with Gasteiger partial charge in [-0.05, 0) is 65.9 Å². The third-order valence-corrected chi connectivity index (χ3v) is 8.96. The lowest BCUT2D eigenvalue weighted by Crippen LogP contribution is -2.54. The Labute approximate surface area is 295 Å². The van der Waals surface area contributed by atoms with Crippen molar-refractivity contribution in [1.29, 1.82) is 0 Å². The number of aliphatic hydroxyl groups is 1. The lowest BCUT2D eigenvalue weighted by molar-refractivity contribution is -0.171. The molecule has 270 valence electrons. The second kappa shape index (κ2) is 17.6. The van der Waals surface area contributed by atoms with Crippen LogP contribution >= 0.6 is 0 Å². The van der Waals surface area contributed by atoms with Gasteiger partial charge in [-0.3, -0.25) is 4.79 Å². The summed E-state index contributed by atoms with van der Waals surface area (Å²) in [7, 11) is 1.70. The van der Waals surface area contributed by atoms with E-state index < -0.39 is 36.5 Å². The van der Waals surface area contributed by atoms with Crippen LogP contribution in [0.1, 0.15) is 56.7 Å². The SMILES string of the molecule is CCc1ccc(Oc2ccc([C@H]3[C@H](O)CN(C(=O)OC(C)OC(=O)C(C)C)C[C@@H]3OCc3ccc4c(c3)N(CCCOC)CCO4)cc2)cc1. The number of carbonyl (C=O) groups is 2. The fraction of sp³-hybridized carbons (Fsp3) is 0.487. The normalized spacial score (nSPS) is 19.4. The first-order chi connectivity index (χ1) is 24.1. The first-order valence-corrected chi connectivity index (χ1v) is 17.5. The van der Waals surface area contributed by atoms with E-state index in [2.05, 4.69) is 17.9 Å². The molecule has 0 aromatic heterocycles. The Hall–Kier alpha value is -4.32. The maximum atomic E-state index is 13.2. The third-order valence-electron chi connectivity index (χ3n) is 8.96. The van der Waals surface area contributed by atoms with Crippen LogP contribution < -0.4 is 14.4 Å². The molecule has 1 saturated heterocycles. The molecule has 0 spiro atoms. The number of methoxy groups -OCH3 is 1. The fourth-order valence-corrected chi connectivity index (χ4v) is 6.21. The zero-order chi connectivity index (χ0) is 35.6. The van der Waals surface area contributed by atoms with Gasteiger partial charge in [0.1, 0.15) is 23.9 Å². The largest absolute Gasteiger partial charge is 0.490 e. The Morgan fingerprint density at radius 2 is 1.64 bits per heavy atom. The van der Waals surface area contributed by atoms with Gasteiger partial charge in [0.2, 0.25) is 6.29 Å². The standard InChI is InChI=1S/C39H50N2O9/c1-6-28-8-13-31(14-9-28)50-32-15-11-30(12-16-32)37-34(42)23-41(39(44)49-27(4)48-38(43)26(2)3)24-36(37)47-25-29-10-17-35-33(22-29)40(19-21-46-35)18-7-20-45-5/h8-17,22,26-27,34,36-37,42H,6-7,18-21,23-25H2,1-5H3/t27?,34-,36+,37+/m1/s1. The zero-order valence-corrected chi connectivity index (χ0v) is 29.7. The Balaban J connectivity index is 1.33. The molecule has 50 heavy (non-hydrogen) atoms. The summed E-state index contributed by atoms with van der Waals surface area (Å²) in [6, 6.07) is 21.6. The molecule has 1 amide bonds. The Morgan fingerprint density at radius 1 is 0.940 bits per heavy atom. The summed E-state index contributed by atoms with van der Waals surface area (Å²) in [5.41, 5.74) is 4.03. The number of hydrogen-bond acceptors (Lipinski definition) is 10. The smallest absolute Gasteiger partial charge is 0.413 e. The molecule has 2 aliphatic heterocycles. The topological polar surface area (TPSA) is 116 Å². The molecule has 0 radical (unpaired) electrons. The zero-order valence-electron chi connectivity index (χ0n) is 29.7. The van der Waals surface area contributed by atoms with Crippen molar-refractivity contribution in [2.75, 3.05) is 51.4 Å². The van der Waals surface area contributed by atoms with E-state index >= 15 is 0 Å². The van der Waals surface area contributed by atoms with Crippen LogP contribution in [-0.4, -0.2) is 87.1 Å². The van der Waals surface area contributed by atoms with Gasteiger partial charge in [0.25, 0.3) is 0 Å². The van der Waals surface area contributed by atoms with E-state index in [-0.39, 0.29) is 25.6 Å². The van der Waals surface area contributed by atoms with E-state index in [1.165, 1.54) is 17.4 Å². The average molecular weight is 691 g/mol. The Morgan fingerprint density at radius 3 is 2.32 bits per heavy atom. The van der Waals surface area contributed by atoms with Gasteiger partial charge in [-0.1, -0.05) is 51.1 Å². The molecule has 1 N–H and O–H groups in total. The molecule has 0 aliphatic carbocycles. The summed E-state index contributed by atoms with van der Waals surface area (Å²) in [6.45, 7) is 10.4. The summed E-state index contributed by atoms with van der Waals surface area (Å²) in [4.78, 5) is 29.0. The van der Waals surface area contributed by atoms with Crippen LogP contribution in [0.2, 0.25) is 0 Å². The van der Waals surface area contributed by atoms with Crippen LogP contribution in [0.5, 0.6) is 17.2 Å². The molecule has 11 heteroatoms. The van der Waals surface area contributed by atoms with E-state index in [0.717, 1.165) is 54.2 Å². The van der Waals surface area contributed by atoms with Crippen molar-refractivity contribution in [2.45, 2.75) is 71.6 Å². The number of likely N-dealkylation sites (tertiary alicyclic amines) is 1. The molecular weight excluding hydrogens is 640 g/mol. The lowest BCUT2D eigenvalue weighted by Gasteiger charge is -2.41. The number of hydrogen-bond donors (Lipinski definition) is 1. The number of fused-ring (bicyclic) bond motifs is 1. The predicted octanol–water partition coefficient (Wildman–Crippen LogP) is 6.30. The maximum absolute atomic E-state index is 13.2. The van der Waals surface area contributed by atoms with E-state index in [9.17, 15) is 14.7 Å². The Bertz CT molecular complexity index is 1550. The second-order valence-corrected chi connectivity index (χ2v) is 13.0.